The number of hydrogen-bond acceptors (Lipinski definition) is 4. The molecule has 1 aromatic carbocycles. The zero-order valence-electron chi connectivity index (χ0n) is 11.0. The van der Waals surface area contributed by atoms with Crippen molar-refractivity contribution in [3.8, 4) is 6.07 Å². The molecule has 0 aromatic heterocycles. The first-order valence-electron chi connectivity index (χ1n) is 6.03. The van der Waals surface area contributed by atoms with Gasteiger partial charge in [0.05, 0.1) is 16.1 Å². The third kappa shape index (κ3) is 4.31. The van der Waals surface area contributed by atoms with Crippen LogP contribution >= 0.6 is 0 Å². The van der Waals surface area contributed by atoms with Crippen molar-refractivity contribution in [2.24, 2.45) is 0 Å². The highest BCUT2D eigenvalue weighted by Crippen LogP contribution is 2.16. The molecule has 6 heteroatoms. The van der Waals surface area contributed by atoms with Crippen molar-refractivity contribution in [3.05, 3.63) is 29.8 Å². The summed E-state index contributed by atoms with van der Waals surface area (Å²) in [6, 6.07) is 7.81. The largest absolute Gasteiger partial charge is 0.389 e. The molecule has 1 aromatic rings. The predicted molar refractivity (Wildman–Crippen MR) is 71.9 cm³/mol. The van der Waals surface area contributed by atoms with Gasteiger partial charge < -0.3 is 5.11 Å². The molecule has 19 heavy (non-hydrogen) atoms. The van der Waals surface area contributed by atoms with Crippen LogP contribution in [0.1, 0.15) is 32.3 Å². The van der Waals surface area contributed by atoms with Crippen LogP contribution in [0.25, 0.3) is 0 Å². The van der Waals surface area contributed by atoms with Gasteiger partial charge in [0.2, 0.25) is 10.0 Å². The lowest BCUT2D eigenvalue weighted by Gasteiger charge is -2.23. The lowest BCUT2D eigenvalue weighted by atomic mass is 10.0. The van der Waals surface area contributed by atoms with Gasteiger partial charge in [-0.05, 0) is 25.5 Å². The summed E-state index contributed by atoms with van der Waals surface area (Å²) in [6.45, 7) is 3.41. The maximum Gasteiger partial charge on any atom is 0.241 e. The number of nitriles is 1. The van der Waals surface area contributed by atoms with Crippen molar-refractivity contribution in [2.75, 3.05) is 6.54 Å². The summed E-state index contributed by atoms with van der Waals surface area (Å²) in [6.07, 6.45) is 1.25. The smallest absolute Gasteiger partial charge is 0.241 e. The van der Waals surface area contributed by atoms with Crippen LogP contribution in [0.5, 0.6) is 0 Å². The lowest BCUT2D eigenvalue weighted by Crippen LogP contribution is -2.40. The molecular weight excluding hydrogens is 264 g/mol. The summed E-state index contributed by atoms with van der Waals surface area (Å²) < 4.78 is 26.5. The number of nitrogens with one attached hydrogen (secondary N) is 1. The summed E-state index contributed by atoms with van der Waals surface area (Å²) in [5, 5.41) is 18.9. The van der Waals surface area contributed by atoms with E-state index in [9.17, 15) is 13.5 Å². The number of benzene rings is 1. The average Bonchev–Trinajstić information content (AvgIpc) is 2.37. The Bertz CT molecular complexity index is 574. The molecule has 0 bridgehead atoms. The van der Waals surface area contributed by atoms with E-state index in [4.69, 9.17) is 5.26 Å². The summed E-state index contributed by atoms with van der Waals surface area (Å²) in [5.74, 6) is 0. The number of nitrogens with zero attached hydrogens (tertiary/aromatic N) is 1. The third-order valence-corrected chi connectivity index (χ3v) is 4.19. The first-order chi connectivity index (χ1) is 8.82. The van der Waals surface area contributed by atoms with Crippen LogP contribution in [-0.4, -0.2) is 25.7 Å². The van der Waals surface area contributed by atoms with E-state index in [0.717, 1.165) is 6.42 Å². The Hall–Kier alpha value is -1.42. The van der Waals surface area contributed by atoms with Crippen LogP contribution in [0.4, 0.5) is 0 Å². The number of aliphatic hydroxyl groups is 1. The van der Waals surface area contributed by atoms with Gasteiger partial charge in [0.25, 0.3) is 0 Å². The normalized spacial score (nSPS) is 14.6. The topological polar surface area (TPSA) is 90.2 Å². The molecule has 0 heterocycles. The summed E-state index contributed by atoms with van der Waals surface area (Å²) in [5.41, 5.74) is -1.01. The highest BCUT2D eigenvalue weighted by molar-refractivity contribution is 7.89. The second kappa shape index (κ2) is 6.15. The maximum absolute atomic E-state index is 12.1. The highest BCUT2D eigenvalue weighted by Gasteiger charge is 2.24. The van der Waals surface area contributed by atoms with Gasteiger partial charge in [-0.25, -0.2) is 13.1 Å². The van der Waals surface area contributed by atoms with Crippen molar-refractivity contribution in [3.63, 3.8) is 0 Å². The number of rotatable bonds is 6. The monoisotopic (exact) mass is 282 g/mol. The van der Waals surface area contributed by atoms with Crippen molar-refractivity contribution in [2.45, 2.75) is 37.2 Å². The van der Waals surface area contributed by atoms with E-state index in [1.54, 1.807) is 19.1 Å². The molecule has 1 atom stereocenters. The van der Waals surface area contributed by atoms with Crippen LogP contribution in [0.15, 0.2) is 29.2 Å². The Morgan fingerprint density at radius 1 is 1.42 bits per heavy atom. The average molecular weight is 282 g/mol. The highest BCUT2D eigenvalue weighted by atomic mass is 32.2. The first kappa shape index (κ1) is 15.6. The van der Waals surface area contributed by atoms with Crippen molar-refractivity contribution >= 4 is 10.0 Å². The van der Waals surface area contributed by atoms with E-state index in [2.05, 4.69) is 4.72 Å². The Balaban J connectivity index is 2.91. The van der Waals surface area contributed by atoms with Gasteiger partial charge in [-0.1, -0.05) is 25.5 Å². The first-order valence-corrected chi connectivity index (χ1v) is 7.52. The molecule has 0 aliphatic carbocycles. The van der Waals surface area contributed by atoms with Gasteiger partial charge in [-0.2, -0.15) is 5.26 Å². The predicted octanol–water partition coefficient (Wildman–Crippen LogP) is 1.39. The molecule has 0 amide bonds. The number of sulfonamides is 1. The fourth-order valence-electron chi connectivity index (χ4n) is 1.75. The lowest BCUT2D eigenvalue weighted by molar-refractivity contribution is 0.0554. The Kier molecular flexibility index (Phi) is 5.06. The molecule has 0 radical (unpaired) electrons. The SMILES string of the molecule is CCCC(C)(O)CNS(=O)(=O)c1ccccc1C#N. The fraction of sp³-hybridized carbons (Fsp3) is 0.462. The molecule has 2 N–H and O–H groups in total. The molecule has 0 spiro atoms. The second-order valence-corrected chi connectivity index (χ2v) is 6.41. The van der Waals surface area contributed by atoms with Gasteiger partial charge in [0.15, 0.2) is 0 Å². The van der Waals surface area contributed by atoms with E-state index in [-0.39, 0.29) is 17.0 Å². The Morgan fingerprint density at radius 3 is 2.63 bits per heavy atom. The van der Waals surface area contributed by atoms with E-state index < -0.39 is 15.6 Å². The van der Waals surface area contributed by atoms with Gasteiger partial charge in [-0.3, -0.25) is 0 Å². The zero-order chi connectivity index (χ0) is 14.5. The molecule has 1 unspecified atom stereocenters. The third-order valence-electron chi connectivity index (χ3n) is 2.73. The van der Waals surface area contributed by atoms with E-state index in [1.165, 1.54) is 12.1 Å². The second-order valence-electron chi connectivity index (χ2n) is 4.68. The molecule has 5 nitrogen and oxygen atoms in total. The van der Waals surface area contributed by atoms with Gasteiger partial charge >= 0.3 is 0 Å². The van der Waals surface area contributed by atoms with Crippen LogP contribution in [0, 0.1) is 11.3 Å². The van der Waals surface area contributed by atoms with E-state index in [1.807, 2.05) is 13.0 Å². The summed E-state index contributed by atoms with van der Waals surface area (Å²) in [7, 11) is -3.79. The van der Waals surface area contributed by atoms with Crippen molar-refractivity contribution in [1.29, 1.82) is 5.26 Å². The van der Waals surface area contributed by atoms with Crippen molar-refractivity contribution < 1.29 is 13.5 Å². The van der Waals surface area contributed by atoms with Crippen LogP contribution in [0.3, 0.4) is 0 Å². The molecule has 0 fully saturated rings. The maximum atomic E-state index is 12.1. The minimum atomic E-state index is -3.79. The van der Waals surface area contributed by atoms with Gasteiger partial charge in [-0.15, -0.1) is 0 Å². The van der Waals surface area contributed by atoms with Crippen molar-refractivity contribution in [1.82, 2.24) is 4.72 Å². The molecule has 1 rings (SSSR count). The van der Waals surface area contributed by atoms with Gasteiger partial charge in [0, 0.05) is 6.54 Å². The van der Waals surface area contributed by atoms with Crippen LogP contribution in [0.2, 0.25) is 0 Å². The molecule has 0 saturated heterocycles. The Morgan fingerprint density at radius 2 is 2.05 bits per heavy atom. The molecular formula is C13H18N2O3S. The standard InChI is InChI=1S/C13H18N2O3S/c1-3-8-13(2,16)10-15-19(17,18)12-7-5-4-6-11(12)9-14/h4-7,15-16H,3,8,10H2,1-2H3. The summed E-state index contributed by atoms with van der Waals surface area (Å²) in [4.78, 5) is -0.0650. The quantitative estimate of drug-likeness (QED) is 0.825. The molecule has 0 saturated carbocycles. The van der Waals surface area contributed by atoms with Crippen LogP contribution in [-0.2, 0) is 10.0 Å². The van der Waals surface area contributed by atoms with Gasteiger partial charge in [0.1, 0.15) is 6.07 Å². The van der Waals surface area contributed by atoms with E-state index in [0.29, 0.717) is 6.42 Å². The molecule has 0 aliphatic rings. The van der Waals surface area contributed by atoms with Crippen LogP contribution < -0.4 is 4.72 Å². The molecule has 0 aliphatic heterocycles. The summed E-state index contributed by atoms with van der Waals surface area (Å²) >= 11 is 0. The minimum absolute atomic E-state index is 0.0650. The minimum Gasteiger partial charge on any atom is -0.389 e. The Labute approximate surface area is 113 Å². The number of hydrogen-bond donors (Lipinski definition) is 2. The van der Waals surface area contributed by atoms with E-state index >= 15 is 0 Å². The fourth-order valence-corrected chi connectivity index (χ4v) is 3.07. The zero-order valence-corrected chi connectivity index (χ0v) is 11.9. The molecule has 104 valence electrons.